The summed E-state index contributed by atoms with van der Waals surface area (Å²) in [6.07, 6.45) is 0. The van der Waals surface area contributed by atoms with Gasteiger partial charge in [0.25, 0.3) is 5.22 Å². The van der Waals surface area contributed by atoms with Crippen molar-refractivity contribution < 1.29 is 9.62 Å². The summed E-state index contributed by atoms with van der Waals surface area (Å²) < 4.78 is 5.98. The molecule has 2 aromatic rings. The maximum atomic E-state index is 8.62. The van der Waals surface area contributed by atoms with Gasteiger partial charge in [-0.2, -0.15) is 0 Å². The molecule has 0 unspecified atom stereocenters. The first-order valence-corrected chi connectivity index (χ1v) is 6.46. The summed E-state index contributed by atoms with van der Waals surface area (Å²) in [5.74, 6) is 0.567. The number of benzene rings is 1. The van der Waals surface area contributed by atoms with Crippen LogP contribution >= 0.6 is 27.7 Å². The average molecular weight is 329 g/mol. The lowest BCUT2D eigenvalue weighted by Crippen LogP contribution is -2.13. The molecule has 1 aromatic carbocycles. The quantitative estimate of drug-likeness (QED) is 0.388. The van der Waals surface area contributed by atoms with E-state index >= 15 is 0 Å². The van der Waals surface area contributed by atoms with Gasteiger partial charge in [0.05, 0.1) is 0 Å². The highest BCUT2D eigenvalue weighted by molar-refractivity contribution is 9.10. The SMILES string of the molecule is Cc1nnc(Sc2ccc(/C(N)=N/O)c(Br)c2)o1. The Kier molecular flexibility index (Phi) is 3.87. The molecule has 6 nitrogen and oxygen atoms in total. The van der Waals surface area contributed by atoms with E-state index < -0.39 is 0 Å². The summed E-state index contributed by atoms with van der Waals surface area (Å²) >= 11 is 4.69. The van der Waals surface area contributed by atoms with Crippen molar-refractivity contribution in [2.45, 2.75) is 17.0 Å². The molecular formula is C10H9BrN4O2S. The summed E-state index contributed by atoms with van der Waals surface area (Å²) in [7, 11) is 0. The van der Waals surface area contributed by atoms with Crippen molar-refractivity contribution >= 4 is 33.5 Å². The van der Waals surface area contributed by atoms with Crippen molar-refractivity contribution in [1.29, 1.82) is 0 Å². The number of aromatic nitrogens is 2. The van der Waals surface area contributed by atoms with Crippen molar-refractivity contribution in [3.05, 3.63) is 34.1 Å². The van der Waals surface area contributed by atoms with Gasteiger partial charge in [-0.1, -0.05) is 5.16 Å². The third-order valence-corrected chi connectivity index (χ3v) is 3.52. The van der Waals surface area contributed by atoms with E-state index in [1.54, 1.807) is 13.0 Å². The maximum Gasteiger partial charge on any atom is 0.281 e. The van der Waals surface area contributed by atoms with Gasteiger partial charge < -0.3 is 15.4 Å². The fourth-order valence-corrected chi connectivity index (χ4v) is 2.73. The molecular weight excluding hydrogens is 320 g/mol. The Hall–Kier alpha value is -1.54. The maximum absolute atomic E-state index is 8.62. The first-order valence-electron chi connectivity index (χ1n) is 4.85. The highest BCUT2D eigenvalue weighted by Crippen LogP contribution is 2.30. The highest BCUT2D eigenvalue weighted by atomic mass is 79.9. The minimum atomic E-state index is 0.0482. The number of hydrogen-bond donors (Lipinski definition) is 2. The van der Waals surface area contributed by atoms with Crippen molar-refractivity contribution in [3.63, 3.8) is 0 Å². The van der Waals surface area contributed by atoms with Gasteiger partial charge >= 0.3 is 0 Å². The zero-order chi connectivity index (χ0) is 13.1. The number of nitrogens with zero attached hydrogens (tertiary/aromatic N) is 3. The minimum Gasteiger partial charge on any atom is -0.416 e. The van der Waals surface area contributed by atoms with E-state index in [4.69, 9.17) is 15.4 Å². The lowest BCUT2D eigenvalue weighted by atomic mass is 10.2. The van der Waals surface area contributed by atoms with Gasteiger partial charge in [-0.15, -0.1) is 10.2 Å². The van der Waals surface area contributed by atoms with Gasteiger partial charge in [0.2, 0.25) is 5.89 Å². The van der Waals surface area contributed by atoms with Crippen molar-refractivity contribution in [2.75, 3.05) is 0 Å². The van der Waals surface area contributed by atoms with Gasteiger partial charge in [0, 0.05) is 21.9 Å². The second kappa shape index (κ2) is 5.40. The second-order valence-electron chi connectivity index (χ2n) is 3.32. The van der Waals surface area contributed by atoms with Gasteiger partial charge in [-0.05, 0) is 45.9 Å². The third kappa shape index (κ3) is 2.82. The topological polar surface area (TPSA) is 97.5 Å². The molecule has 0 aliphatic heterocycles. The molecule has 0 saturated carbocycles. The molecule has 3 N–H and O–H groups in total. The predicted molar refractivity (Wildman–Crippen MR) is 69.8 cm³/mol. The fraction of sp³-hybridized carbons (Fsp3) is 0.100. The van der Waals surface area contributed by atoms with Crippen LogP contribution in [0.3, 0.4) is 0 Å². The van der Waals surface area contributed by atoms with Crippen LogP contribution in [0.4, 0.5) is 0 Å². The number of halogens is 1. The van der Waals surface area contributed by atoms with Gasteiger partial charge in [-0.3, -0.25) is 0 Å². The fourth-order valence-electron chi connectivity index (χ4n) is 1.24. The molecule has 0 aliphatic carbocycles. The van der Waals surface area contributed by atoms with Crippen LogP contribution in [0.2, 0.25) is 0 Å². The Morgan fingerprint density at radius 1 is 1.50 bits per heavy atom. The summed E-state index contributed by atoms with van der Waals surface area (Å²) in [6, 6.07) is 5.39. The minimum absolute atomic E-state index is 0.0482. The molecule has 94 valence electrons. The smallest absolute Gasteiger partial charge is 0.281 e. The Morgan fingerprint density at radius 3 is 2.83 bits per heavy atom. The molecule has 1 aromatic heterocycles. The van der Waals surface area contributed by atoms with Crippen molar-refractivity contribution in [1.82, 2.24) is 10.2 Å². The van der Waals surface area contributed by atoms with Gasteiger partial charge in [0.15, 0.2) is 5.84 Å². The Labute approximate surface area is 115 Å². The first-order chi connectivity index (χ1) is 8.60. The molecule has 1 heterocycles. The van der Waals surface area contributed by atoms with Crippen LogP contribution in [0.1, 0.15) is 11.5 Å². The number of amidine groups is 1. The Balaban J connectivity index is 2.24. The van der Waals surface area contributed by atoms with Crippen LogP contribution in [-0.2, 0) is 0 Å². The van der Waals surface area contributed by atoms with E-state index in [-0.39, 0.29) is 5.84 Å². The first kappa shape index (κ1) is 12.9. The van der Waals surface area contributed by atoms with E-state index in [2.05, 4.69) is 31.3 Å². The van der Waals surface area contributed by atoms with Gasteiger partial charge in [0.1, 0.15) is 0 Å². The number of oxime groups is 1. The summed E-state index contributed by atoms with van der Waals surface area (Å²) in [5, 5.41) is 19.7. The number of nitrogens with two attached hydrogens (primary N) is 1. The summed E-state index contributed by atoms with van der Waals surface area (Å²) in [6.45, 7) is 1.73. The third-order valence-electron chi connectivity index (χ3n) is 2.04. The lowest BCUT2D eigenvalue weighted by molar-refractivity contribution is 0.318. The molecule has 0 saturated heterocycles. The molecule has 18 heavy (non-hydrogen) atoms. The Bertz CT molecular complexity index is 599. The van der Waals surface area contributed by atoms with E-state index in [1.165, 1.54) is 11.8 Å². The zero-order valence-corrected chi connectivity index (χ0v) is 11.7. The van der Waals surface area contributed by atoms with Crippen LogP contribution in [0.5, 0.6) is 0 Å². The van der Waals surface area contributed by atoms with E-state index in [9.17, 15) is 0 Å². The number of hydrogen-bond acceptors (Lipinski definition) is 6. The highest BCUT2D eigenvalue weighted by Gasteiger charge is 2.09. The van der Waals surface area contributed by atoms with Crippen LogP contribution < -0.4 is 5.73 Å². The molecule has 0 aliphatic rings. The largest absolute Gasteiger partial charge is 0.416 e. The normalized spacial score (nSPS) is 11.8. The molecule has 2 rings (SSSR count). The van der Waals surface area contributed by atoms with Crippen LogP contribution in [0, 0.1) is 6.92 Å². The van der Waals surface area contributed by atoms with E-state index in [1.807, 2.05) is 12.1 Å². The number of aryl methyl sites for hydroxylation is 1. The van der Waals surface area contributed by atoms with E-state index in [0.29, 0.717) is 16.7 Å². The Morgan fingerprint density at radius 2 is 2.28 bits per heavy atom. The average Bonchev–Trinajstić information content (AvgIpc) is 2.74. The molecule has 0 radical (unpaired) electrons. The molecule has 0 spiro atoms. The molecule has 0 bridgehead atoms. The molecule has 0 fully saturated rings. The molecule has 0 amide bonds. The predicted octanol–water partition coefficient (Wildman–Crippen LogP) is 2.39. The monoisotopic (exact) mass is 328 g/mol. The van der Waals surface area contributed by atoms with Crippen LogP contribution in [0.25, 0.3) is 0 Å². The summed E-state index contributed by atoms with van der Waals surface area (Å²) in [5.41, 5.74) is 6.14. The molecule has 0 atom stereocenters. The molecule has 8 heteroatoms. The summed E-state index contributed by atoms with van der Waals surface area (Å²) in [4.78, 5) is 0.903. The van der Waals surface area contributed by atoms with E-state index in [0.717, 1.165) is 9.37 Å². The lowest BCUT2D eigenvalue weighted by Gasteiger charge is -2.04. The standard InChI is InChI=1S/C10H9BrN4O2S/c1-5-13-14-10(17-5)18-6-2-3-7(8(11)4-6)9(12)15-16/h2-4,16H,1H3,(H2,12,15). The number of rotatable bonds is 3. The van der Waals surface area contributed by atoms with Crippen molar-refractivity contribution in [2.24, 2.45) is 10.9 Å². The van der Waals surface area contributed by atoms with Crippen molar-refractivity contribution in [3.8, 4) is 0 Å². The van der Waals surface area contributed by atoms with Crippen LogP contribution in [0.15, 0.2) is 42.4 Å². The van der Waals surface area contributed by atoms with Crippen LogP contribution in [-0.4, -0.2) is 21.2 Å². The second-order valence-corrected chi connectivity index (χ2v) is 5.20. The zero-order valence-electron chi connectivity index (χ0n) is 9.29. The van der Waals surface area contributed by atoms with Gasteiger partial charge in [-0.25, -0.2) is 0 Å².